The van der Waals surface area contributed by atoms with Gasteiger partial charge >= 0.3 is 0 Å². The summed E-state index contributed by atoms with van der Waals surface area (Å²) in [5.74, 6) is -0.106. The second kappa shape index (κ2) is 9.64. The van der Waals surface area contributed by atoms with Gasteiger partial charge in [-0.3, -0.25) is 9.59 Å². The molecule has 134 valence electrons. The molecule has 0 saturated heterocycles. The summed E-state index contributed by atoms with van der Waals surface area (Å²) in [7, 11) is 0. The van der Waals surface area contributed by atoms with E-state index in [4.69, 9.17) is 5.73 Å². The van der Waals surface area contributed by atoms with E-state index in [1.54, 1.807) is 4.90 Å². The number of carbonyl (C=O) groups is 2. The third-order valence-corrected chi connectivity index (χ3v) is 4.38. The summed E-state index contributed by atoms with van der Waals surface area (Å²) in [5, 5.41) is 2.90. The van der Waals surface area contributed by atoms with Crippen LogP contribution in [0.4, 0.5) is 5.69 Å². The highest BCUT2D eigenvalue weighted by Gasteiger charge is 2.31. The molecule has 2 unspecified atom stereocenters. The van der Waals surface area contributed by atoms with Crippen LogP contribution in [0, 0.1) is 12.8 Å². The monoisotopic (exact) mass is 353 g/mol. The van der Waals surface area contributed by atoms with Gasteiger partial charge in [0.2, 0.25) is 11.8 Å². The van der Waals surface area contributed by atoms with Crippen molar-refractivity contribution in [2.75, 3.05) is 18.4 Å². The molecule has 1 fully saturated rings. The Hall–Kier alpha value is -1.59. The van der Waals surface area contributed by atoms with E-state index >= 15 is 0 Å². The summed E-state index contributed by atoms with van der Waals surface area (Å²) in [4.78, 5) is 26.6. The fourth-order valence-corrected chi connectivity index (χ4v) is 3.11. The van der Waals surface area contributed by atoms with Gasteiger partial charge < -0.3 is 16.0 Å². The maximum Gasteiger partial charge on any atom is 0.244 e. The van der Waals surface area contributed by atoms with Gasteiger partial charge in [0.25, 0.3) is 0 Å². The SMILES string of the molecule is CCCN(CC(=O)Nc1ccccc1C)C(=O)C1CCC(N)C1.Cl. The van der Waals surface area contributed by atoms with Crippen molar-refractivity contribution in [1.29, 1.82) is 0 Å². The van der Waals surface area contributed by atoms with Crippen LogP contribution in [0.25, 0.3) is 0 Å². The van der Waals surface area contributed by atoms with E-state index in [0.717, 1.165) is 36.9 Å². The van der Waals surface area contributed by atoms with Crippen molar-refractivity contribution < 1.29 is 9.59 Å². The number of hydrogen-bond donors (Lipinski definition) is 2. The molecule has 1 aromatic carbocycles. The van der Waals surface area contributed by atoms with Crippen LogP contribution in [0.2, 0.25) is 0 Å². The highest BCUT2D eigenvalue weighted by molar-refractivity contribution is 5.95. The molecule has 0 bridgehead atoms. The maximum absolute atomic E-state index is 12.6. The standard InChI is InChI=1S/C18H27N3O2.ClH/c1-3-10-21(18(23)14-8-9-15(19)11-14)12-17(22)20-16-7-5-4-6-13(16)2;/h4-7,14-15H,3,8-12,19H2,1-2H3,(H,20,22);1H. The molecule has 1 aromatic rings. The molecule has 1 aliphatic rings. The van der Waals surface area contributed by atoms with Crippen LogP contribution in [-0.4, -0.2) is 35.8 Å². The van der Waals surface area contributed by atoms with Gasteiger partial charge in [0.15, 0.2) is 0 Å². The minimum atomic E-state index is -0.150. The number of halogens is 1. The maximum atomic E-state index is 12.6. The summed E-state index contributed by atoms with van der Waals surface area (Å²) in [6.07, 6.45) is 3.30. The van der Waals surface area contributed by atoms with Gasteiger partial charge in [0.1, 0.15) is 0 Å². The van der Waals surface area contributed by atoms with Crippen LogP contribution < -0.4 is 11.1 Å². The van der Waals surface area contributed by atoms with Crippen LogP contribution >= 0.6 is 12.4 Å². The van der Waals surface area contributed by atoms with Gasteiger partial charge in [0, 0.05) is 24.2 Å². The minimum Gasteiger partial charge on any atom is -0.333 e. The first-order valence-electron chi connectivity index (χ1n) is 8.41. The molecule has 0 radical (unpaired) electrons. The number of rotatable bonds is 6. The number of nitrogens with two attached hydrogens (primary N) is 1. The molecule has 5 nitrogen and oxygen atoms in total. The van der Waals surface area contributed by atoms with Crippen LogP contribution in [0.5, 0.6) is 0 Å². The summed E-state index contributed by atoms with van der Waals surface area (Å²) in [5.41, 5.74) is 7.71. The highest BCUT2D eigenvalue weighted by atomic mass is 35.5. The van der Waals surface area contributed by atoms with E-state index < -0.39 is 0 Å². The summed E-state index contributed by atoms with van der Waals surface area (Å²) >= 11 is 0. The van der Waals surface area contributed by atoms with Gasteiger partial charge in [-0.1, -0.05) is 25.1 Å². The van der Waals surface area contributed by atoms with E-state index in [1.807, 2.05) is 38.1 Å². The van der Waals surface area contributed by atoms with Crippen molar-refractivity contribution in [2.45, 2.75) is 45.6 Å². The number of benzene rings is 1. The lowest BCUT2D eigenvalue weighted by molar-refractivity contribution is -0.138. The van der Waals surface area contributed by atoms with Crippen molar-refractivity contribution in [3.05, 3.63) is 29.8 Å². The van der Waals surface area contributed by atoms with Crippen LogP contribution in [0.15, 0.2) is 24.3 Å². The Balaban J connectivity index is 0.00000288. The number of aryl methyl sites for hydroxylation is 1. The van der Waals surface area contributed by atoms with Crippen molar-refractivity contribution in [3.63, 3.8) is 0 Å². The predicted molar refractivity (Wildman–Crippen MR) is 99.2 cm³/mol. The first-order valence-corrected chi connectivity index (χ1v) is 8.41. The third-order valence-electron chi connectivity index (χ3n) is 4.38. The molecule has 2 rings (SSSR count). The Morgan fingerprint density at radius 2 is 2.00 bits per heavy atom. The molecule has 0 heterocycles. The Labute approximate surface area is 150 Å². The third kappa shape index (κ3) is 5.49. The Kier molecular flexibility index (Phi) is 8.22. The van der Waals surface area contributed by atoms with Crippen molar-refractivity contribution in [3.8, 4) is 0 Å². The second-order valence-corrected chi connectivity index (χ2v) is 6.39. The van der Waals surface area contributed by atoms with Crippen molar-refractivity contribution in [2.24, 2.45) is 11.7 Å². The van der Waals surface area contributed by atoms with Crippen molar-refractivity contribution >= 4 is 29.9 Å². The summed E-state index contributed by atoms with van der Waals surface area (Å²) in [6, 6.07) is 7.76. The Morgan fingerprint density at radius 1 is 1.29 bits per heavy atom. The average Bonchev–Trinajstić information content (AvgIpc) is 2.95. The molecule has 0 aliphatic heterocycles. The highest BCUT2D eigenvalue weighted by Crippen LogP contribution is 2.26. The summed E-state index contributed by atoms with van der Waals surface area (Å²) in [6.45, 7) is 4.67. The fraction of sp³-hybridized carbons (Fsp3) is 0.556. The zero-order valence-corrected chi connectivity index (χ0v) is 15.3. The first kappa shape index (κ1) is 20.5. The first-order chi connectivity index (χ1) is 11.0. The molecular formula is C18H28ClN3O2. The number of nitrogens with one attached hydrogen (secondary N) is 1. The topological polar surface area (TPSA) is 75.4 Å². The quantitative estimate of drug-likeness (QED) is 0.825. The molecule has 3 N–H and O–H groups in total. The van der Waals surface area contributed by atoms with Gasteiger partial charge in [-0.05, 0) is 44.2 Å². The lowest BCUT2D eigenvalue weighted by Gasteiger charge is -2.25. The van der Waals surface area contributed by atoms with Gasteiger partial charge in [0.05, 0.1) is 6.54 Å². The van der Waals surface area contributed by atoms with E-state index in [1.165, 1.54) is 0 Å². The average molecular weight is 354 g/mol. The van der Waals surface area contributed by atoms with Crippen LogP contribution in [0.3, 0.4) is 0 Å². The molecule has 2 amide bonds. The molecular weight excluding hydrogens is 326 g/mol. The van der Waals surface area contributed by atoms with E-state index in [9.17, 15) is 9.59 Å². The second-order valence-electron chi connectivity index (χ2n) is 6.39. The van der Waals surface area contributed by atoms with E-state index in [2.05, 4.69) is 5.32 Å². The normalized spacial score (nSPS) is 19.5. The number of anilines is 1. The molecule has 1 saturated carbocycles. The Morgan fingerprint density at radius 3 is 2.58 bits per heavy atom. The smallest absolute Gasteiger partial charge is 0.244 e. The van der Waals surface area contributed by atoms with Gasteiger partial charge in [-0.25, -0.2) is 0 Å². The number of carbonyl (C=O) groups excluding carboxylic acids is 2. The number of para-hydroxylation sites is 1. The molecule has 0 aromatic heterocycles. The van der Waals surface area contributed by atoms with E-state index in [0.29, 0.717) is 6.54 Å². The largest absolute Gasteiger partial charge is 0.333 e. The molecule has 0 spiro atoms. The van der Waals surface area contributed by atoms with Crippen molar-refractivity contribution in [1.82, 2.24) is 4.90 Å². The lowest BCUT2D eigenvalue weighted by atomic mass is 10.1. The van der Waals surface area contributed by atoms with Gasteiger partial charge in [-0.15, -0.1) is 12.4 Å². The minimum absolute atomic E-state index is 0. The predicted octanol–water partition coefficient (Wildman–Crippen LogP) is 2.72. The van der Waals surface area contributed by atoms with Crippen LogP contribution in [-0.2, 0) is 9.59 Å². The fourth-order valence-electron chi connectivity index (χ4n) is 3.11. The lowest BCUT2D eigenvalue weighted by Crippen LogP contribution is -2.41. The Bertz CT molecular complexity index is 565. The number of amides is 2. The summed E-state index contributed by atoms with van der Waals surface area (Å²) < 4.78 is 0. The number of hydrogen-bond acceptors (Lipinski definition) is 3. The molecule has 1 aliphatic carbocycles. The molecule has 24 heavy (non-hydrogen) atoms. The van der Waals surface area contributed by atoms with Crippen LogP contribution in [0.1, 0.15) is 38.2 Å². The molecule has 6 heteroatoms. The zero-order chi connectivity index (χ0) is 16.8. The zero-order valence-electron chi connectivity index (χ0n) is 14.5. The molecule has 2 atom stereocenters. The van der Waals surface area contributed by atoms with E-state index in [-0.39, 0.29) is 42.7 Å². The number of nitrogens with zero attached hydrogens (tertiary/aromatic N) is 1. The van der Waals surface area contributed by atoms with Gasteiger partial charge in [-0.2, -0.15) is 0 Å².